The molecular weight excluding hydrogens is 260 g/mol. The maximum Gasteiger partial charge on any atom is 0.0961 e. The first kappa shape index (κ1) is 10.5. The van der Waals surface area contributed by atoms with Gasteiger partial charge in [-0.3, -0.25) is 0 Å². The first-order chi connectivity index (χ1) is 6.84. The van der Waals surface area contributed by atoms with Gasteiger partial charge in [-0.05, 0) is 40.9 Å². The lowest BCUT2D eigenvalue weighted by molar-refractivity contribution is 0.726. The minimum Gasteiger partial charge on any atom is -0.313 e. The summed E-state index contributed by atoms with van der Waals surface area (Å²) in [5, 5.41) is 4.58. The summed E-state index contributed by atoms with van der Waals surface area (Å²) in [7, 11) is 0. The summed E-state index contributed by atoms with van der Waals surface area (Å²) < 4.78 is 1.04. The summed E-state index contributed by atoms with van der Waals surface area (Å²) >= 11 is 5.17. The van der Waals surface area contributed by atoms with E-state index in [2.05, 4.69) is 26.2 Å². The Kier molecular flexibility index (Phi) is 3.84. The summed E-state index contributed by atoms with van der Waals surface area (Å²) in [4.78, 5) is 4.30. The fourth-order valence-corrected chi connectivity index (χ4v) is 2.11. The van der Waals surface area contributed by atoms with Crippen molar-refractivity contribution in [1.82, 2.24) is 10.3 Å². The molecule has 0 radical (unpaired) electrons. The summed E-state index contributed by atoms with van der Waals surface area (Å²) in [5.41, 5.74) is 0. The van der Waals surface area contributed by atoms with Gasteiger partial charge in [0, 0.05) is 29.0 Å². The van der Waals surface area contributed by atoms with Crippen LogP contribution in [0.3, 0.4) is 0 Å². The Labute approximate surface area is 97.0 Å². The highest BCUT2D eigenvalue weighted by atomic mass is 79.9. The van der Waals surface area contributed by atoms with E-state index in [9.17, 15) is 0 Å². The first-order valence-corrected chi connectivity index (χ1v) is 6.60. The molecule has 1 saturated carbocycles. The Bertz CT molecular complexity index is 285. The highest BCUT2D eigenvalue weighted by Gasteiger charge is 2.19. The molecule has 1 aliphatic carbocycles. The lowest BCUT2D eigenvalue weighted by Crippen LogP contribution is -2.19. The predicted molar refractivity (Wildman–Crippen MR) is 63.7 cm³/mol. The van der Waals surface area contributed by atoms with E-state index in [1.54, 1.807) is 11.8 Å². The molecule has 2 rings (SSSR count). The van der Waals surface area contributed by atoms with Gasteiger partial charge in [-0.1, -0.05) is 0 Å². The van der Waals surface area contributed by atoms with Gasteiger partial charge in [0.15, 0.2) is 0 Å². The second-order valence-corrected chi connectivity index (χ2v) is 5.42. The number of nitrogens with zero attached hydrogens (tertiary/aromatic N) is 1. The molecular formula is C10H13BrN2S. The van der Waals surface area contributed by atoms with Crippen LogP contribution in [0.15, 0.2) is 27.8 Å². The zero-order chi connectivity index (χ0) is 9.80. The van der Waals surface area contributed by atoms with Crippen molar-refractivity contribution in [2.45, 2.75) is 23.9 Å². The molecule has 0 saturated heterocycles. The Morgan fingerprint density at radius 1 is 1.50 bits per heavy atom. The van der Waals surface area contributed by atoms with Gasteiger partial charge in [0.25, 0.3) is 0 Å². The monoisotopic (exact) mass is 272 g/mol. The molecule has 0 amide bonds. The maximum atomic E-state index is 4.30. The van der Waals surface area contributed by atoms with E-state index >= 15 is 0 Å². The van der Waals surface area contributed by atoms with Gasteiger partial charge in [0.05, 0.1) is 5.03 Å². The molecule has 1 aromatic heterocycles. The minimum absolute atomic E-state index is 0.813. The van der Waals surface area contributed by atoms with Gasteiger partial charge in [-0.15, -0.1) is 11.8 Å². The number of rotatable bonds is 5. The number of hydrogen-bond donors (Lipinski definition) is 1. The van der Waals surface area contributed by atoms with Gasteiger partial charge >= 0.3 is 0 Å². The zero-order valence-corrected chi connectivity index (χ0v) is 10.3. The topological polar surface area (TPSA) is 24.9 Å². The highest BCUT2D eigenvalue weighted by molar-refractivity contribution is 9.10. The third-order valence-electron chi connectivity index (χ3n) is 2.06. The van der Waals surface area contributed by atoms with Crippen LogP contribution in [0, 0.1) is 0 Å². The molecule has 0 spiro atoms. The third-order valence-corrected chi connectivity index (χ3v) is 3.48. The zero-order valence-electron chi connectivity index (χ0n) is 7.87. The summed E-state index contributed by atoms with van der Waals surface area (Å²) in [6.07, 6.45) is 4.57. The number of hydrogen-bond acceptors (Lipinski definition) is 3. The number of pyridine rings is 1. The minimum atomic E-state index is 0.813. The van der Waals surface area contributed by atoms with E-state index in [1.165, 1.54) is 12.8 Å². The van der Waals surface area contributed by atoms with Gasteiger partial charge in [0.2, 0.25) is 0 Å². The molecule has 0 bridgehead atoms. The standard InChI is InChI=1S/C10H13BrN2S/c11-8-1-4-10(13-7-8)14-6-5-12-9-2-3-9/h1,4,7,9,12H,2-3,5-6H2. The summed E-state index contributed by atoms with van der Waals surface area (Å²) in [6, 6.07) is 4.89. The second-order valence-electron chi connectivity index (χ2n) is 3.39. The lowest BCUT2D eigenvalue weighted by atomic mass is 10.5. The van der Waals surface area contributed by atoms with Crippen molar-refractivity contribution in [2.24, 2.45) is 0 Å². The molecule has 14 heavy (non-hydrogen) atoms. The molecule has 1 N–H and O–H groups in total. The molecule has 1 aliphatic rings. The fraction of sp³-hybridized carbons (Fsp3) is 0.500. The maximum absolute atomic E-state index is 4.30. The van der Waals surface area contributed by atoms with Gasteiger partial charge < -0.3 is 5.32 Å². The van der Waals surface area contributed by atoms with Crippen LogP contribution in [-0.2, 0) is 0 Å². The quantitative estimate of drug-likeness (QED) is 0.659. The predicted octanol–water partition coefficient (Wildman–Crippen LogP) is 2.69. The molecule has 0 unspecified atom stereocenters. The van der Waals surface area contributed by atoms with E-state index in [-0.39, 0.29) is 0 Å². The average Bonchev–Trinajstić information content (AvgIpc) is 2.99. The van der Waals surface area contributed by atoms with E-state index in [0.29, 0.717) is 0 Å². The van der Waals surface area contributed by atoms with Gasteiger partial charge in [-0.25, -0.2) is 4.98 Å². The van der Waals surface area contributed by atoms with E-state index in [1.807, 2.05) is 18.3 Å². The normalized spacial score (nSPS) is 15.8. The smallest absolute Gasteiger partial charge is 0.0961 e. The van der Waals surface area contributed by atoms with E-state index in [0.717, 1.165) is 27.8 Å². The molecule has 1 heterocycles. The van der Waals surface area contributed by atoms with Crippen LogP contribution in [0.2, 0.25) is 0 Å². The summed E-state index contributed by atoms with van der Waals surface area (Å²) in [5.74, 6) is 1.10. The van der Waals surface area contributed by atoms with Crippen LogP contribution >= 0.6 is 27.7 Å². The second kappa shape index (κ2) is 5.14. The van der Waals surface area contributed by atoms with E-state index in [4.69, 9.17) is 0 Å². The van der Waals surface area contributed by atoms with Crippen LogP contribution in [0.4, 0.5) is 0 Å². The van der Waals surface area contributed by atoms with Crippen molar-refractivity contribution in [3.63, 3.8) is 0 Å². The molecule has 1 fully saturated rings. The number of halogens is 1. The van der Waals surface area contributed by atoms with E-state index < -0.39 is 0 Å². The molecule has 4 heteroatoms. The summed E-state index contributed by atoms with van der Waals surface area (Å²) in [6.45, 7) is 1.09. The Morgan fingerprint density at radius 2 is 2.36 bits per heavy atom. The van der Waals surface area contributed by atoms with Crippen molar-refractivity contribution >= 4 is 27.7 Å². The largest absolute Gasteiger partial charge is 0.313 e. The number of thioether (sulfide) groups is 1. The molecule has 0 aliphatic heterocycles. The van der Waals surface area contributed by atoms with Crippen molar-refractivity contribution in [2.75, 3.05) is 12.3 Å². The first-order valence-electron chi connectivity index (χ1n) is 4.82. The lowest BCUT2D eigenvalue weighted by Gasteiger charge is -2.02. The average molecular weight is 273 g/mol. The SMILES string of the molecule is Brc1ccc(SCCNC2CC2)nc1. The van der Waals surface area contributed by atoms with Crippen LogP contribution in [0.1, 0.15) is 12.8 Å². The molecule has 76 valence electrons. The van der Waals surface area contributed by atoms with Crippen LogP contribution in [0.5, 0.6) is 0 Å². The van der Waals surface area contributed by atoms with Crippen molar-refractivity contribution in [1.29, 1.82) is 0 Å². The fourth-order valence-electron chi connectivity index (χ4n) is 1.15. The molecule has 2 nitrogen and oxygen atoms in total. The van der Waals surface area contributed by atoms with Crippen molar-refractivity contribution in [3.8, 4) is 0 Å². The Balaban J connectivity index is 1.66. The molecule has 0 atom stereocenters. The molecule has 1 aromatic rings. The molecule has 0 aromatic carbocycles. The van der Waals surface area contributed by atoms with Crippen LogP contribution < -0.4 is 5.32 Å². The van der Waals surface area contributed by atoms with Crippen molar-refractivity contribution in [3.05, 3.63) is 22.8 Å². The number of aromatic nitrogens is 1. The van der Waals surface area contributed by atoms with Gasteiger partial charge in [-0.2, -0.15) is 0 Å². The Hall–Kier alpha value is -0.0600. The number of nitrogens with one attached hydrogen (secondary N) is 1. The third kappa shape index (κ3) is 3.59. The van der Waals surface area contributed by atoms with Crippen molar-refractivity contribution < 1.29 is 0 Å². The van der Waals surface area contributed by atoms with Crippen LogP contribution in [-0.4, -0.2) is 23.3 Å². The van der Waals surface area contributed by atoms with Gasteiger partial charge in [0.1, 0.15) is 0 Å². The Morgan fingerprint density at radius 3 is 3.00 bits per heavy atom. The highest BCUT2D eigenvalue weighted by Crippen LogP contribution is 2.20. The van der Waals surface area contributed by atoms with Crippen LogP contribution in [0.25, 0.3) is 0 Å².